The SMILES string of the molecule is CC[P+](c1ccccc1)(c1ccccc1)c1ccccc1.[Br][Fe-]([Br])([Br])[Br]. The first-order chi connectivity index (χ1) is 12.4. The van der Waals surface area contributed by atoms with Gasteiger partial charge in [-0.1, -0.05) is 54.6 Å². The zero-order valence-electron chi connectivity index (χ0n) is 14.2. The Morgan fingerprint density at radius 3 is 1.00 bits per heavy atom. The molecule has 0 bridgehead atoms. The fourth-order valence-corrected chi connectivity index (χ4v) is 7.08. The van der Waals surface area contributed by atoms with E-state index in [-0.39, 0.29) is 0 Å². The van der Waals surface area contributed by atoms with Crippen molar-refractivity contribution in [3.63, 3.8) is 0 Å². The summed E-state index contributed by atoms with van der Waals surface area (Å²) >= 11 is 13.0. The van der Waals surface area contributed by atoms with E-state index in [1.165, 1.54) is 15.9 Å². The molecule has 0 saturated carbocycles. The summed E-state index contributed by atoms with van der Waals surface area (Å²) in [6, 6.07) is 33.0. The zero-order chi connectivity index (χ0) is 19.0. The summed E-state index contributed by atoms with van der Waals surface area (Å²) in [5.74, 6) is 0. The molecule has 0 aromatic heterocycles. The van der Waals surface area contributed by atoms with Crippen LogP contribution in [0, 0.1) is 0 Å². The molecule has 0 radical (unpaired) electrons. The predicted molar refractivity (Wildman–Crippen MR) is 131 cm³/mol. The Hall–Kier alpha value is 0.529. The molecule has 0 heterocycles. The Morgan fingerprint density at radius 1 is 0.577 bits per heavy atom. The van der Waals surface area contributed by atoms with Gasteiger partial charge in [-0.05, 0) is 43.3 Å². The van der Waals surface area contributed by atoms with Gasteiger partial charge in [-0.2, -0.15) is 0 Å². The summed E-state index contributed by atoms with van der Waals surface area (Å²) in [5.41, 5.74) is -1.25. The van der Waals surface area contributed by atoms with Gasteiger partial charge in [-0.15, -0.1) is 0 Å². The van der Waals surface area contributed by atoms with Crippen molar-refractivity contribution in [1.29, 1.82) is 0 Å². The molecule has 3 aromatic rings. The van der Waals surface area contributed by atoms with Crippen LogP contribution in [0.4, 0.5) is 0 Å². The summed E-state index contributed by atoms with van der Waals surface area (Å²) in [6.07, 6.45) is 1.14. The minimum atomic E-state index is -1.53. The van der Waals surface area contributed by atoms with Crippen LogP contribution < -0.4 is 15.9 Å². The average Bonchev–Trinajstić information content (AvgIpc) is 2.64. The first kappa shape index (κ1) is 22.8. The summed E-state index contributed by atoms with van der Waals surface area (Å²) in [5, 5.41) is 4.39. The molecule has 0 saturated heterocycles. The summed E-state index contributed by atoms with van der Waals surface area (Å²) in [7, 11) is -1.53. The van der Waals surface area contributed by atoms with Crippen molar-refractivity contribution < 1.29 is 5.61 Å². The van der Waals surface area contributed by atoms with Gasteiger partial charge in [-0.3, -0.25) is 0 Å². The van der Waals surface area contributed by atoms with Crippen LogP contribution in [-0.2, 0) is 5.61 Å². The summed E-state index contributed by atoms with van der Waals surface area (Å²) < 4.78 is 0. The van der Waals surface area contributed by atoms with Crippen molar-refractivity contribution in [2.45, 2.75) is 6.92 Å². The van der Waals surface area contributed by atoms with Crippen molar-refractivity contribution in [3.05, 3.63) is 91.0 Å². The van der Waals surface area contributed by atoms with E-state index in [1.54, 1.807) is 0 Å². The third-order valence-corrected chi connectivity index (χ3v) is 8.55. The molecule has 0 nitrogen and oxygen atoms in total. The average molecular weight is 667 g/mol. The molecule has 0 amide bonds. The molecular formula is C20H20Br4FeP. The number of benzene rings is 3. The molecule has 3 rings (SSSR count). The van der Waals surface area contributed by atoms with Gasteiger partial charge in [0.2, 0.25) is 0 Å². The molecular weight excluding hydrogens is 647 g/mol. The molecule has 0 spiro atoms. The summed E-state index contributed by atoms with van der Waals surface area (Å²) in [6.45, 7) is 2.32. The van der Waals surface area contributed by atoms with Gasteiger partial charge in [0, 0.05) is 0 Å². The number of halogens is 4. The Balaban J connectivity index is 0.000000431. The van der Waals surface area contributed by atoms with E-state index < -0.39 is 12.9 Å². The molecule has 0 atom stereocenters. The summed E-state index contributed by atoms with van der Waals surface area (Å²) in [4.78, 5) is 0. The fraction of sp³-hybridized carbons (Fsp3) is 0.100. The molecule has 0 fully saturated rings. The topological polar surface area (TPSA) is 0 Å². The Kier molecular flexibility index (Phi) is 9.57. The van der Waals surface area contributed by atoms with Crippen LogP contribution in [0.15, 0.2) is 91.0 Å². The van der Waals surface area contributed by atoms with Crippen LogP contribution >= 0.6 is 63.7 Å². The normalized spacial score (nSPS) is 12.0. The fourth-order valence-electron chi connectivity index (χ4n) is 3.04. The molecule has 141 valence electrons. The zero-order valence-corrected chi connectivity index (χ0v) is 22.5. The molecule has 3 aromatic carbocycles. The molecule has 6 heteroatoms. The van der Waals surface area contributed by atoms with E-state index in [0.717, 1.165) is 6.16 Å². The van der Waals surface area contributed by atoms with Crippen LogP contribution in [0.3, 0.4) is 0 Å². The second-order valence-electron chi connectivity index (χ2n) is 5.44. The van der Waals surface area contributed by atoms with Crippen molar-refractivity contribution in [1.82, 2.24) is 0 Å². The molecule has 0 aliphatic carbocycles. The molecule has 0 N–H and O–H groups in total. The maximum atomic E-state index is 3.25. The van der Waals surface area contributed by atoms with E-state index in [4.69, 9.17) is 0 Å². The molecule has 26 heavy (non-hydrogen) atoms. The Morgan fingerprint density at radius 2 is 0.808 bits per heavy atom. The van der Waals surface area contributed by atoms with Crippen molar-refractivity contribution in [2.75, 3.05) is 6.16 Å². The molecule has 0 aliphatic rings. The number of rotatable bonds is 4. The quantitative estimate of drug-likeness (QED) is 0.202. The van der Waals surface area contributed by atoms with Crippen molar-refractivity contribution in [2.24, 2.45) is 0 Å². The monoisotopic (exact) mass is 663 g/mol. The van der Waals surface area contributed by atoms with Gasteiger partial charge in [-0.25, -0.2) is 0 Å². The maximum absolute atomic E-state index is 3.25. The second-order valence-corrected chi connectivity index (χ2v) is 42.7. The van der Waals surface area contributed by atoms with E-state index in [9.17, 15) is 0 Å². The molecule has 0 unspecified atom stereocenters. The van der Waals surface area contributed by atoms with Crippen LogP contribution in [-0.4, -0.2) is 6.16 Å². The van der Waals surface area contributed by atoms with E-state index in [1.807, 2.05) is 0 Å². The van der Waals surface area contributed by atoms with E-state index in [0.29, 0.717) is 0 Å². The van der Waals surface area contributed by atoms with Gasteiger partial charge >= 0.3 is 62.1 Å². The number of hydrogen-bond donors (Lipinski definition) is 0. The van der Waals surface area contributed by atoms with Gasteiger partial charge in [0.25, 0.3) is 0 Å². The van der Waals surface area contributed by atoms with Crippen LogP contribution in [0.2, 0.25) is 0 Å². The van der Waals surface area contributed by atoms with E-state index in [2.05, 4.69) is 154 Å². The van der Waals surface area contributed by atoms with Crippen LogP contribution in [0.25, 0.3) is 0 Å². The Labute approximate surface area is 187 Å². The van der Waals surface area contributed by atoms with Gasteiger partial charge in [0.05, 0.1) is 6.16 Å². The van der Waals surface area contributed by atoms with Crippen LogP contribution in [0.5, 0.6) is 0 Å². The van der Waals surface area contributed by atoms with Gasteiger partial charge < -0.3 is 0 Å². The third kappa shape index (κ3) is 6.55. The van der Waals surface area contributed by atoms with Gasteiger partial charge in [0.15, 0.2) is 0 Å². The van der Waals surface area contributed by atoms with Crippen molar-refractivity contribution in [3.8, 4) is 0 Å². The first-order valence-corrected chi connectivity index (χ1v) is 20.9. The van der Waals surface area contributed by atoms with E-state index >= 15 is 0 Å². The number of hydrogen-bond acceptors (Lipinski definition) is 0. The standard InChI is InChI=1S/C20H20P.4BrH.Fe/c1-2-21(18-12-6-3-7-13-18,19-14-8-4-9-15-19)20-16-10-5-11-17-20;;;;;/h3-17H,2H2,1H3;4*1H;/q+1;;;;;+3/p-4. The minimum absolute atomic E-state index is 1.14. The first-order valence-electron chi connectivity index (χ1n) is 7.96. The van der Waals surface area contributed by atoms with Crippen molar-refractivity contribution >= 4 is 79.6 Å². The van der Waals surface area contributed by atoms with Crippen LogP contribution in [0.1, 0.15) is 6.92 Å². The third-order valence-electron chi connectivity index (χ3n) is 4.07. The Bertz CT molecular complexity index is 675. The molecule has 0 aliphatic heterocycles. The van der Waals surface area contributed by atoms with Gasteiger partial charge in [0.1, 0.15) is 23.2 Å². The second kappa shape index (κ2) is 10.9. The predicted octanol–water partition coefficient (Wildman–Crippen LogP) is 7.38.